The minimum Gasteiger partial charge on any atom is -0.479 e. The summed E-state index contributed by atoms with van der Waals surface area (Å²) in [4.78, 5) is 10.7. The van der Waals surface area contributed by atoms with Crippen LogP contribution >= 0.6 is 0 Å². The molecule has 0 radical (unpaired) electrons. The van der Waals surface area contributed by atoms with Crippen molar-refractivity contribution in [2.45, 2.75) is 18.9 Å². The minimum atomic E-state index is -3.56. The van der Waals surface area contributed by atoms with Gasteiger partial charge in [-0.25, -0.2) is 17.9 Å². The third kappa shape index (κ3) is 5.28. The molecule has 0 fully saturated rings. The molecule has 0 aromatic heterocycles. The van der Waals surface area contributed by atoms with Crippen molar-refractivity contribution in [2.75, 3.05) is 19.4 Å². The molecule has 0 bridgehead atoms. The van der Waals surface area contributed by atoms with E-state index in [-0.39, 0.29) is 18.2 Å². The smallest absolute Gasteiger partial charge is 0.334 e. The molecule has 0 saturated heterocycles. The zero-order valence-electron chi connectivity index (χ0n) is 11.4. The Kier molecular flexibility index (Phi) is 6.12. The highest BCUT2D eigenvalue weighted by molar-refractivity contribution is 7.89. The van der Waals surface area contributed by atoms with E-state index in [1.54, 1.807) is 6.92 Å². The van der Waals surface area contributed by atoms with Crippen molar-refractivity contribution in [3.8, 4) is 0 Å². The lowest BCUT2D eigenvalue weighted by atomic mass is 10.0. The number of sulfonamides is 1. The van der Waals surface area contributed by atoms with Crippen LogP contribution in [0.3, 0.4) is 0 Å². The number of aliphatic carboxylic acids is 1. The maximum absolute atomic E-state index is 11.9. The first kappa shape index (κ1) is 16.6. The van der Waals surface area contributed by atoms with Crippen molar-refractivity contribution in [3.05, 3.63) is 35.9 Å². The van der Waals surface area contributed by atoms with Crippen LogP contribution in [0.15, 0.2) is 30.3 Å². The molecule has 2 atom stereocenters. The van der Waals surface area contributed by atoms with E-state index < -0.39 is 22.1 Å². The normalized spacial score (nSPS) is 14.7. The highest BCUT2D eigenvalue weighted by Crippen LogP contribution is 2.16. The molecule has 0 amide bonds. The topological polar surface area (TPSA) is 92.7 Å². The number of carboxylic acid groups (broad SMARTS) is 1. The van der Waals surface area contributed by atoms with E-state index in [0.29, 0.717) is 0 Å². The van der Waals surface area contributed by atoms with Crippen molar-refractivity contribution in [1.29, 1.82) is 0 Å². The SMILES string of the molecule is COC(CNS(=O)(=O)CC(C)c1ccccc1)C(=O)O. The van der Waals surface area contributed by atoms with E-state index in [4.69, 9.17) is 5.11 Å². The van der Waals surface area contributed by atoms with E-state index in [1.165, 1.54) is 7.11 Å². The monoisotopic (exact) mass is 301 g/mol. The van der Waals surface area contributed by atoms with Gasteiger partial charge in [-0.3, -0.25) is 0 Å². The molecule has 6 nitrogen and oxygen atoms in total. The summed E-state index contributed by atoms with van der Waals surface area (Å²) < 4.78 is 30.7. The first-order chi connectivity index (χ1) is 9.35. The van der Waals surface area contributed by atoms with Crippen LogP contribution in [0.5, 0.6) is 0 Å². The maximum atomic E-state index is 11.9. The molecule has 0 aliphatic carbocycles. The highest BCUT2D eigenvalue weighted by atomic mass is 32.2. The second-order valence-electron chi connectivity index (χ2n) is 4.50. The van der Waals surface area contributed by atoms with Crippen molar-refractivity contribution in [1.82, 2.24) is 4.72 Å². The van der Waals surface area contributed by atoms with Gasteiger partial charge in [0, 0.05) is 13.7 Å². The average molecular weight is 301 g/mol. The number of methoxy groups -OCH3 is 1. The van der Waals surface area contributed by atoms with Crippen molar-refractivity contribution < 1.29 is 23.1 Å². The summed E-state index contributed by atoms with van der Waals surface area (Å²) in [5.74, 6) is -1.49. The van der Waals surface area contributed by atoms with Crippen LogP contribution in [0.4, 0.5) is 0 Å². The summed E-state index contributed by atoms with van der Waals surface area (Å²) in [6, 6.07) is 9.26. The molecule has 0 spiro atoms. The Labute approximate surface area is 118 Å². The second kappa shape index (κ2) is 7.37. The molecule has 0 heterocycles. The Morgan fingerprint density at radius 2 is 1.95 bits per heavy atom. The number of ether oxygens (including phenoxy) is 1. The molecule has 2 unspecified atom stereocenters. The van der Waals surface area contributed by atoms with Gasteiger partial charge in [0.05, 0.1) is 5.75 Å². The fraction of sp³-hybridized carbons (Fsp3) is 0.462. The lowest BCUT2D eigenvalue weighted by Gasteiger charge is -2.15. The van der Waals surface area contributed by atoms with Crippen LogP contribution in [-0.2, 0) is 19.6 Å². The van der Waals surface area contributed by atoms with Crippen molar-refractivity contribution in [3.63, 3.8) is 0 Å². The summed E-state index contributed by atoms with van der Waals surface area (Å²) >= 11 is 0. The summed E-state index contributed by atoms with van der Waals surface area (Å²) in [7, 11) is -2.34. The Morgan fingerprint density at radius 1 is 1.35 bits per heavy atom. The molecule has 1 rings (SSSR count). The van der Waals surface area contributed by atoms with Gasteiger partial charge < -0.3 is 9.84 Å². The van der Waals surface area contributed by atoms with Crippen molar-refractivity contribution in [2.24, 2.45) is 0 Å². The standard InChI is InChI=1S/C13H19NO5S/c1-10(11-6-4-3-5-7-11)9-20(17,18)14-8-12(19-2)13(15)16/h3-7,10,12,14H,8-9H2,1-2H3,(H,15,16). The summed E-state index contributed by atoms with van der Waals surface area (Å²) in [6.07, 6.45) is -1.18. The number of nitrogens with one attached hydrogen (secondary N) is 1. The lowest BCUT2D eigenvalue weighted by molar-refractivity contribution is -0.147. The van der Waals surface area contributed by atoms with E-state index in [2.05, 4.69) is 9.46 Å². The Morgan fingerprint density at radius 3 is 2.45 bits per heavy atom. The molecule has 112 valence electrons. The fourth-order valence-corrected chi connectivity index (χ4v) is 3.11. The van der Waals surface area contributed by atoms with Crippen LogP contribution < -0.4 is 4.72 Å². The Bertz CT molecular complexity index is 529. The fourth-order valence-electron chi connectivity index (χ4n) is 1.74. The number of carbonyl (C=O) groups is 1. The van der Waals surface area contributed by atoms with Gasteiger partial charge in [-0.15, -0.1) is 0 Å². The molecule has 1 aromatic carbocycles. The number of rotatable bonds is 8. The van der Waals surface area contributed by atoms with E-state index in [0.717, 1.165) is 5.56 Å². The maximum Gasteiger partial charge on any atom is 0.334 e. The lowest BCUT2D eigenvalue weighted by Crippen LogP contribution is -2.39. The van der Waals surface area contributed by atoms with Gasteiger partial charge in [0.25, 0.3) is 0 Å². The van der Waals surface area contributed by atoms with Gasteiger partial charge in [-0.2, -0.15) is 0 Å². The van der Waals surface area contributed by atoms with Gasteiger partial charge in [-0.1, -0.05) is 37.3 Å². The summed E-state index contributed by atoms with van der Waals surface area (Å²) in [5.41, 5.74) is 0.916. The molecule has 0 aliphatic rings. The quantitative estimate of drug-likeness (QED) is 0.741. The highest BCUT2D eigenvalue weighted by Gasteiger charge is 2.22. The van der Waals surface area contributed by atoms with Gasteiger partial charge >= 0.3 is 5.97 Å². The second-order valence-corrected chi connectivity index (χ2v) is 6.36. The molecule has 0 saturated carbocycles. The van der Waals surface area contributed by atoms with Crippen LogP contribution in [-0.4, -0.2) is 45.0 Å². The van der Waals surface area contributed by atoms with E-state index >= 15 is 0 Å². The zero-order valence-corrected chi connectivity index (χ0v) is 12.3. The molecular formula is C13H19NO5S. The number of carboxylic acids is 1. The molecule has 1 aromatic rings. The molecule has 20 heavy (non-hydrogen) atoms. The molecule has 2 N–H and O–H groups in total. The molecule has 7 heteroatoms. The number of hydrogen-bond acceptors (Lipinski definition) is 4. The Hall–Kier alpha value is -1.44. The summed E-state index contributed by atoms with van der Waals surface area (Å²) in [5, 5.41) is 8.77. The van der Waals surface area contributed by atoms with Gasteiger partial charge in [0.15, 0.2) is 6.10 Å². The largest absolute Gasteiger partial charge is 0.479 e. The predicted molar refractivity (Wildman–Crippen MR) is 75.1 cm³/mol. The first-order valence-corrected chi connectivity index (χ1v) is 7.79. The zero-order chi connectivity index (χ0) is 15.2. The van der Waals surface area contributed by atoms with Gasteiger partial charge in [0.1, 0.15) is 0 Å². The average Bonchev–Trinajstić information content (AvgIpc) is 2.39. The molecular weight excluding hydrogens is 282 g/mol. The number of benzene rings is 1. The van der Waals surface area contributed by atoms with Gasteiger partial charge in [-0.05, 0) is 11.5 Å². The van der Waals surface area contributed by atoms with Crippen LogP contribution in [0, 0.1) is 0 Å². The third-order valence-electron chi connectivity index (χ3n) is 2.89. The molecule has 0 aliphatic heterocycles. The minimum absolute atomic E-state index is 0.104. The van der Waals surface area contributed by atoms with Crippen molar-refractivity contribution >= 4 is 16.0 Å². The third-order valence-corrected chi connectivity index (χ3v) is 4.43. The number of hydrogen-bond donors (Lipinski definition) is 2. The van der Waals surface area contributed by atoms with Crippen LogP contribution in [0.1, 0.15) is 18.4 Å². The van der Waals surface area contributed by atoms with E-state index in [1.807, 2.05) is 30.3 Å². The van der Waals surface area contributed by atoms with Crippen LogP contribution in [0.25, 0.3) is 0 Å². The van der Waals surface area contributed by atoms with E-state index in [9.17, 15) is 13.2 Å². The Balaban J connectivity index is 2.60. The van der Waals surface area contributed by atoms with Gasteiger partial charge in [0.2, 0.25) is 10.0 Å². The predicted octanol–water partition coefficient (Wildman–Crippen LogP) is 0.809. The summed E-state index contributed by atoms with van der Waals surface area (Å²) in [6.45, 7) is 1.52. The first-order valence-electron chi connectivity index (χ1n) is 6.13. The van der Waals surface area contributed by atoms with Crippen LogP contribution in [0.2, 0.25) is 0 Å².